The third-order valence-corrected chi connectivity index (χ3v) is 3.00. The van der Waals surface area contributed by atoms with E-state index in [9.17, 15) is 10.2 Å². The molecule has 0 aliphatic rings. The summed E-state index contributed by atoms with van der Waals surface area (Å²) in [5.74, 6) is 0. The number of hydrogen-bond donors (Lipinski definition) is 2. The van der Waals surface area contributed by atoms with Crippen molar-refractivity contribution < 1.29 is 10.2 Å². The van der Waals surface area contributed by atoms with E-state index in [-0.39, 0.29) is 0 Å². The minimum Gasteiger partial charge on any atom is -0.389 e. The number of hydrogen-bond acceptors (Lipinski definition) is 2. The molecule has 23 heavy (non-hydrogen) atoms. The predicted octanol–water partition coefficient (Wildman–Crippen LogP) is 5.04. The molecule has 0 saturated heterocycles. The van der Waals surface area contributed by atoms with Crippen molar-refractivity contribution in [2.75, 3.05) is 0 Å². The molecule has 0 rings (SSSR count). The Morgan fingerprint density at radius 1 is 0.609 bits per heavy atom. The van der Waals surface area contributed by atoms with Crippen LogP contribution in [0.15, 0.2) is 72.9 Å². The Labute approximate surface area is 141 Å². The van der Waals surface area contributed by atoms with Crippen LogP contribution in [-0.2, 0) is 0 Å². The molecule has 0 aromatic carbocycles. The van der Waals surface area contributed by atoms with Gasteiger partial charge in [0, 0.05) is 0 Å². The van der Waals surface area contributed by atoms with Crippen LogP contribution in [0.25, 0.3) is 0 Å². The highest BCUT2D eigenvalue weighted by Crippen LogP contribution is 1.99. The fourth-order valence-corrected chi connectivity index (χ4v) is 1.75. The van der Waals surface area contributed by atoms with E-state index in [1.165, 1.54) is 0 Å². The first kappa shape index (κ1) is 21.4. The van der Waals surface area contributed by atoms with E-state index in [4.69, 9.17) is 0 Å². The number of aliphatic hydroxyl groups is 2. The van der Waals surface area contributed by atoms with Gasteiger partial charge in [-0.3, -0.25) is 0 Å². The highest BCUT2D eigenvalue weighted by Gasteiger charge is 1.93. The van der Waals surface area contributed by atoms with Crippen molar-refractivity contribution in [2.45, 2.75) is 58.2 Å². The SMILES string of the molecule is CC/C=C\C/C=C\C[C@@H](O)/C=C/C=C/C=C\[C@@H](O)C/C=C\CC. The van der Waals surface area contributed by atoms with Gasteiger partial charge in [-0.1, -0.05) is 86.8 Å². The molecular formula is C21H32O2. The zero-order valence-corrected chi connectivity index (χ0v) is 14.5. The quantitative estimate of drug-likeness (QED) is 0.391. The fraction of sp³-hybridized carbons (Fsp3) is 0.429. The van der Waals surface area contributed by atoms with E-state index in [1.807, 2.05) is 42.5 Å². The lowest BCUT2D eigenvalue weighted by atomic mass is 10.2. The van der Waals surface area contributed by atoms with Gasteiger partial charge in [0.15, 0.2) is 0 Å². The van der Waals surface area contributed by atoms with Crippen molar-refractivity contribution in [3.05, 3.63) is 72.9 Å². The molecular weight excluding hydrogens is 284 g/mol. The molecule has 0 fully saturated rings. The summed E-state index contributed by atoms with van der Waals surface area (Å²) in [5.41, 5.74) is 0. The van der Waals surface area contributed by atoms with Crippen LogP contribution in [0, 0.1) is 0 Å². The van der Waals surface area contributed by atoms with E-state index in [0.29, 0.717) is 12.8 Å². The number of rotatable bonds is 12. The van der Waals surface area contributed by atoms with Crippen molar-refractivity contribution in [1.82, 2.24) is 0 Å². The molecule has 0 aromatic rings. The second-order valence-corrected chi connectivity index (χ2v) is 5.23. The Bertz CT molecular complexity index is 425. The Morgan fingerprint density at radius 3 is 1.57 bits per heavy atom. The first-order valence-corrected chi connectivity index (χ1v) is 8.53. The summed E-state index contributed by atoms with van der Waals surface area (Å²) in [6.45, 7) is 4.18. The Kier molecular flexibility index (Phi) is 15.5. The monoisotopic (exact) mass is 316 g/mol. The fourth-order valence-electron chi connectivity index (χ4n) is 1.75. The Balaban J connectivity index is 3.89. The van der Waals surface area contributed by atoms with Crippen LogP contribution in [0.4, 0.5) is 0 Å². The van der Waals surface area contributed by atoms with E-state index in [0.717, 1.165) is 19.3 Å². The minimum atomic E-state index is -0.459. The van der Waals surface area contributed by atoms with Crippen molar-refractivity contribution in [1.29, 1.82) is 0 Å². The lowest BCUT2D eigenvalue weighted by molar-refractivity contribution is 0.226. The summed E-state index contributed by atoms with van der Waals surface area (Å²) in [6, 6.07) is 0. The van der Waals surface area contributed by atoms with Crippen LogP contribution in [0.1, 0.15) is 46.0 Å². The summed E-state index contributed by atoms with van der Waals surface area (Å²) < 4.78 is 0. The molecule has 0 heterocycles. The van der Waals surface area contributed by atoms with Gasteiger partial charge in [-0.2, -0.15) is 0 Å². The Morgan fingerprint density at radius 2 is 1.04 bits per heavy atom. The normalized spacial score (nSPS) is 16.2. The van der Waals surface area contributed by atoms with Crippen LogP contribution < -0.4 is 0 Å². The maximum absolute atomic E-state index is 9.76. The molecule has 0 aliphatic heterocycles. The van der Waals surface area contributed by atoms with Crippen molar-refractivity contribution in [2.24, 2.45) is 0 Å². The average molecular weight is 316 g/mol. The average Bonchev–Trinajstić information content (AvgIpc) is 2.54. The molecule has 0 amide bonds. The maximum atomic E-state index is 9.76. The van der Waals surface area contributed by atoms with E-state index in [1.54, 1.807) is 12.2 Å². The second-order valence-electron chi connectivity index (χ2n) is 5.23. The van der Waals surface area contributed by atoms with E-state index in [2.05, 4.69) is 32.1 Å². The lowest BCUT2D eigenvalue weighted by Crippen LogP contribution is -1.98. The van der Waals surface area contributed by atoms with Gasteiger partial charge in [0.1, 0.15) is 0 Å². The van der Waals surface area contributed by atoms with Gasteiger partial charge in [-0.05, 0) is 32.1 Å². The van der Waals surface area contributed by atoms with Crippen LogP contribution in [0.5, 0.6) is 0 Å². The summed E-state index contributed by atoms with van der Waals surface area (Å²) in [7, 11) is 0. The third-order valence-electron chi connectivity index (χ3n) is 3.00. The molecule has 0 spiro atoms. The van der Waals surface area contributed by atoms with Gasteiger partial charge >= 0.3 is 0 Å². The minimum absolute atomic E-state index is 0.441. The zero-order chi connectivity index (χ0) is 17.2. The van der Waals surface area contributed by atoms with Crippen LogP contribution >= 0.6 is 0 Å². The zero-order valence-electron chi connectivity index (χ0n) is 14.5. The molecule has 2 atom stereocenters. The smallest absolute Gasteiger partial charge is 0.0758 e. The Hall–Kier alpha value is -1.64. The standard InChI is InChI=1S/C21H32O2/c1-3-5-7-8-9-13-17-21(23)19-15-11-10-14-18-20(22)16-12-6-4-2/h5-7,9-15,18-23H,3-4,8,16-17H2,1-2H3/b7-5-,11-10+,12-6-,13-9-,18-14-,19-15+/t20-,21+/m0/s1. The highest BCUT2D eigenvalue weighted by molar-refractivity contribution is 5.13. The highest BCUT2D eigenvalue weighted by atomic mass is 16.3. The summed E-state index contributed by atoms with van der Waals surface area (Å²) in [6.07, 6.45) is 26.6. The molecule has 2 N–H and O–H groups in total. The number of allylic oxidation sites excluding steroid dienone is 8. The molecule has 0 aliphatic carbocycles. The summed E-state index contributed by atoms with van der Waals surface area (Å²) in [4.78, 5) is 0. The largest absolute Gasteiger partial charge is 0.389 e. The first-order chi connectivity index (χ1) is 11.2. The lowest BCUT2D eigenvalue weighted by Gasteiger charge is -1.99. The van der Waals surface area contributed by atoms with Gasteiger partial charge < -0.3 is 10.2 Å². The van der Waals surface area contributed by atoms with Crippen LogP contribution in [-0.4, -0.2) is 22.4 Å². The molecule has 0 saturated carbocycles. The van der Waals surface area contributed by atoms with Gasteiger partial charge in [0.2, 0.25) is 0 Å². The first-order valence-electron chi connectivity index (χ1n) is 8.53. The van der Waals surface area contributed by atoms with Gasteiger partial charge in [0.05, 0.1) is 12.2 Å². The third kappa shape index (κ3) is 16.6. The van der Waals surface area contributed by atoms with E-state index < -0.39 is 12.2 Å². The topological polar surface area (TPSA) is 40.5 Å². The van der Waals surface area contributed by atoms with Gasteiger partial charge in [-0.15, -0.1) is 0 Å². The molecule has 0 radical (unpaired) electrons. The molecule has 0 unspecified atom stereocenters. The van der Waals surface area contributed by atoms with Crippen molar-refractivity contribution in [3.63, 3.8) is 0 Å². The molecule has 128 valence electrons. The van der Waals surface area contributed by atoms with Gasteiger partial charge in [0.25, 0.3) is 0 Å². The number of aliphatic hydroxyl groups excluding tert-OH is 2. The van der Waals surface area contributed by atoms with E-state index >= 15 is 0 Å². The second kappa shape index (κ2) is 16.7. The van der Waals surface area contributed by atoms with Gasteiger partial charge in [-0.25, -0.2) is 0 Å². The molecule has 2 nitrogen and oxygen atoms in total. The summed E-state index contributed by atoms with van der Waals surface area (Å²) in [5, 5.41) is 19.4. The molecule has 0 aromatic heterocycles. The molecule has 2 heteroatoms. The van der Waals surface area contributed by atoms with Crippen molar-refractivity contribution in [3.8, 4) is 0 Å². The van der Waals surface area contributed by atoms with Crippen LogP contribution in [0.3, 0.4) is 0 Å². The van der Waals surface area contributed by atoms with Crippen LogP contribution in [0.2, 0.25) is 0 Å². The molecule has 0 bridgehead atoms. The maximum Gasteiger partial charge on any atom is 0.0758 e. The predicted molar refractivity (Wildman–Crippen MR) is 101 cm³/mol. The summed E-state index contributed by atoms with van der Waals surface area (Å²) >= 11 is 0. The van der Waals surface area contributed by atoms with Crippen molar-refractivity contribution >= 4 is 0 Å².